The van der Waals surface area contributed by atoms with Crippen LogP contribution >= 0.6 is 35.6 Å². The molecule has 0 bridgehead atoms. The van der Waals surface area contributed by atoms with Crippen molar-refractivity contribution in [1.82, 2.24) is 15.4 Å². The van der Waals surface area contributed by atoms with E-state index in [0.29, 0.717) is 14.6 Å². The maximum Gasteiger partial charge on any atom is 0.288 e. The molecular weight excluding hydrogens is 290 g/mol. The molecule has 0 atom stereocenters. The Morgan fingerprint density at radius 3 is 2.83 bits per heavy atom. The minimum Gasteiger partial charge on any atom is -0.272 e. The number of thiocarbonyl (C=S) groups is 1. The van der Waals surface area contributed by atoms with Crippen molar-refractivity contribution in [3.05, 3.63) is 29.0 Å². The second kappa shape index (κ2) is 6.92. The summed E-state index contributed by atoms with van der Waals surface area (Å²) in [5.41, 5.74) is 2.90. The van der Waals surface area contributed by atoms with Gasteiger partial charge in [-0.15, -0.1) is 0 Å². The lowest BCUT2D eigenvalue weighted by Crippen LogP contribution is -2.42. The summed E-state index contributed by atoms with van der Waals surface area (Å²) in [6.45, 7) is 4.07. The minimum absolute atomic E-state index is 0.256. The van der Waals surface area contributed by atoms with Gasteiger partial charge in [-0.25, -0.2) is 0 Å². The van der Waals surface area contributed by atoms with Crippen LogP contribution < -0.4 is 5.43 Å². The van der Waals surface area contributed by atoms with Gasteiger partial charge in [0.1, 0.15) is 5.69 Å². The van der Waals surface area contributed by atoms with Gasteiger partial charge < -0.3 is 0 Å². The van der Waals surface area contributed by atoms with Crippen molar-refractivity contribution >= 4 is 45.8 Å². The Morgan fingerprint density at radius 2 is 2.28 bits per heavy atom. The van der Waals surface area contributed by atoms with Crippen LogP contribution in [0.2, 0.25) is 5.02 Å². The highest BCUT2D eigenvalue weighted by atomic mass is 35.5. The van der Waals surface area contributed by atoms with Crippen LogP contribution in [0.5, 0.6) is 0 Å². The van der Waals surface area contributed by atoms with E-state index in [4.69, 9.17) is 23.8 Å². The second-order valence-corrected chi connectivity index (χ2v) is 6.44. The van der Waals surface area contributed by atoms with Crippen LogP contribution in [0.15, 0.2) is 18.3 Å². The van der Waals surface area contributed by atoms with E-state index in [2.05, 4.69) is 10.4 Å². The number of thioether (sulfide) groups is 1. The third-order valence-corrected chi connectivity index (χ3v) is 3.58. The molecule has 0 aromatic carbocycles. The molecule has 1 N–H and O–H groups in total. The van der Waals surface area contributed by atoms with Crippen molar-refractivity contribution < 1.29 is 4.79 Å². The molecule has 1 rings (SSSR count). The van der Waals surface area contributed by atoms with Gasteiger partial charge in [-0.3, -0.25) is 20.2 Å². The highest BCUT2D eigenvalue weighted by molar-refractivity contribution is 8.23. The molecular formula is C11H14ClN3OS2. The first kappa shape index (κ1) is 15.2. The molecule has 0 unspecified atom stereocenters. The van der Waals surface area contributed by atoms with Crippen LogP contribution in [-0.2, 0) is 0 Å². The summed E-state index contributed by atoms with van der Waals surface area (Å²) < 4.78 is 0.598. The molecule has 7 heteroatoms. The monoisotopic (exact) mass is 303 g/mol. The number of nitrogens with zero attached hydrogens (tertiary/aromatic N) is 2. The molecule has 0 radical (unpaired) electrons. The average molecular weight is 304 g/mol. The van der Waals surface area contributed by atoms with Crippen LogP contribution in [0.1, 0.15) is 24.3 Å². The van der Waals surface area contributed by atoms with E-state index in [1.54, 1.807) is 13.1 Å². The number of halogens is 1. The molecule has 0 saturated heterocycles. The first-order valence-electron chi connectivity index (χ1n) is 5.27. The van der Waals surface area contributed by atoms with Crippen LogP contribution in [-0.4, -0.2) is 32.5 Å². The third kappa shape index (κ3) is 4.80. The van der Waals surface area contributed by atoms with Crippen LogP contribution in [0.4, 0.5) is 0 Å². The van der Waals surface area contributed by atoms with E-state index in [-0.39, 0.29) is 11.6 Å². The fraction of sp³-hybridized carbons (Fsp3) is 0.364. The largest absolute Gasteiger partial charge is 0.288 e. The van der Waals surface area contributed by atoms with Gasteiger partial charge in [-0.05, 0) is 12.1 Å². The topological polar surface area (TPSA) is 45.2 Å². The highest BCUT2D eigenvalue weighted by Gasteiger charge is 2.13. The predicted octanol–water partition coefficient (Wildman–Crippen LogP) is 2.74. The summed E-state index contributed by atoms with van der Waals surface area (Å²) in [7, 11) is 1.69. The van der Waals surface area contributed by atoms with Crippen molar-refractivity contribution in [2.45, 2.75) is 19.1 Å². The van der Waals surface area contributed by atoms with Crippen molar-refractivity contribution in [2.75, 3.05) is 7.05 Å². The summed E-state index contributed by atoms with van der Waals surface area (Å²) in [5.74, 6) is -0.341. The zero-order valence-corrected chi connectivity index (χ0v) is 12.7. The average Bonchev–Trinajstić information content (AvgIpc) is 2.27. The molecule has 1 amide bonds. The van der Waals surface area contributed by atoms with E-state index in [1.807, 2.05) is 13.8 Å². The highest BCUT2D eigenvalue weighted by Crippen LogP contribution is 2.13. The number of carbonyl (C=O) groups is 1. The van der Waals surface area contributed by atoms with Gasteiger partial charge in [0.2, 0.25) is 0 Å². The lowest BCUT2D eigenvalue weighted by Gasteiger charge is -2.21. The maximum absolute atomic E-state index is 11.9. The van der Waals surface area contributed by atoms with E-state index in [0.717, 1.165) is 0 Å². The number of hydrazine groups is 1. The van der Waals surface area contributed by atoms with Gasteiger partial charge >= 0.3 is 0 Å². The third-order valence-electron chi connectivity index (χ3n) is 1.83. The number of nitrogens with one attached hydrogen (secondary N) is 1. The van der Waals surface area contributed by atoms with Crippen LogP contribution in [0, 0.1) is 0 Å². The number of carbonyl (C=O) groups excluding carboxylic acids is 1. The molecule has 0 fully saturated rings. The molecule has 0 aliphatic rings. The normalized spacial score (nSPS) is 10.3. The molecule has 1 aromatic rings. The van der Waals surface area contributed by atoms with Crippen molar-refractivity contribution in [1.29, 1.82) is 0 Å². The molecule has 1 heterocycles. The first-order chi connectivity index (χ1) is 8.40. The number of hydrogen-bond donors (Lipinski definition) is 1. The summed E-state index contributed by atoms with van der Waals surface area (Å²) in [6, 6.07) is 3.12. The molecule has 98 valence electrons. The molecule has 4 nitrogen and oxygen atoms in total. The number of pyridine rings is 1. The Balaban J connectivity index is 2.62. The van der Waals surface area contributed by atoms with Crippen molar-refractivity contribution in [2.24, 2.45) is 0 Å². The van der Waals surface area contributed by atoms with Crippen molar-refractivity contribution in [3.63, 3.8) is 0 Å². The van der Waals surface area contributed by atoms with Gasteiger partial charge in [-0.2, -0.15) is 0 Å². The van der Waals surface area contributed by atoms with Crippen molar-refractivity contribution in [3.8, 4) is 0 Å². The standard InChI is InChI=1S/C11H14ClN3OS2/c1-7(2)18-11(17)15(3)14-10(16)9-6-8(12)4-5-13-9/h4-7H,1-3H3,(H,14,16). The van der Waals surface area contributed by atoms with E-state index >= 15 is 0 Å². The zero-order valence-electron chi connectivity index (χ0n) is 10.3. The summed E-state index contributed by atoms with van der Waals surface area (Å²) in [5, 5.41) is 2.34. The van der Waals surface area contributed by atoms with E-state index in [1.165, 1.54) is 29.0 Å². The van der Waals surface area contributed by atoms with Crippen LogP contribution in [0.3, 0.4) is 0 Å². The predicted molar refractivity (Wildman–Crippen MR) is 79.8 cm³/mol. The Morgan fingerprint density at radius 1 is 1.61 bits per heavy atom. The summed E-state index contributed by atoms with van der Waals surface area (Å²) in [6.07, 6.45) is 1.48. The fourth-order valence-corrected chi connectivity index (χ4v) is 2.45. The first-order valence-corrected chi connectivity index (χ1v) is 6.93. The van der Waals surface area contributed by atoms with Gasteiger partial charge in [0.15, 0.2) is 4.32 Å². The Bertz CT molecular complexity index is 454. The Labute approximate surface area is 121 Å². The Kier molecular flexibility index (Phi) is 5.84. The van der Waals surface area contributed by atoms with E-state index < -0.39 is 0 Å². The van der Waals surface area contributed by atoms with Gasteiger partial charge in [0.25, 0.3) is 5.91 Å². The number of aromatic nitrogens is 1. The molecule has 0 saturated carbocycles. The number of hydrogen-bond acceptors (Lipinski definition) is 4. The molecule has 1 aromatic heterocycles. The lowest BCUT2D eigenvalue weighted by molar-refractivity contribution is 0.0885. The van der Waals surface area contributed by atoms with Gasteiger partial charge in [0.05, 0.1) is 0 Å². The quantitative estimate of drug-likeness (QED) is 0.672. The molecule has 0 spiro atoms. The fourth-order valence-electron chi connectivity index (χ4n) is 1.06. The maximum atomic E-state index is 11.9. The minimum atomic E-state index is -0.341. The van der Waals surface area contributed by atoms with Gasteiger partial charge in [0, 0.05) is 23.5 Å². The smallest absolute Gasteiger partial charge is 0.272 e. The summed E-state index contributed by atoms with van der Waals surface area (Å²) >= 11 is 12.5. The molecule has 0 aliphatic heterocycles. The molecule has 18 heavy (non-hydrogen) atoms. The zero-order chi connectivity index (χ0) is 13.7. The Hall–Kier alpha value is -0.850. The second-order valence-electron chi connectivity index (χ2n) is 3.79. The van der Waals surface area contributed by atoms with E-state index in [9.17, 15) is 4.79 Å². The number of amides is 1. The summed E-state index contributed by atoms with van der Waals surface area (Å²) in [4.78, 5) is 15.8. The molecule has 0 aliphatic carbocycles. The van der Waals surface area contributed by atoms with Gasteiger partial charge in [-0.1, -0.05) is 49.4 Å². The van der Waals surface area contributed by atoms with Crippen LogP contribution in [0.25, 0.3) is 0 Å². The number of rotatable bonds is 2. The SMILES string of the molecule is CC(C)SC(=S)N(C)NC(=O)c1cc(Cl)ccn1. The lowest BCUT2D eigenvalue weighted by atomic mass is 10.3.